The molecule has 1 amide bonds. The topological polar surface area (TPSA) is 86.0 Å². The van der Waals surface area contributed by atoms with Crippen molar-refractivity contribution in [2.45, 2.75) is 20.8 Å². The Morgan fingerprint density at radius 2 is 1.82 bits per heavy atom. The number of benzene rings is 2. The van der Waals surface area contributed by atoms with Gasteiger partial charge in [0, 0.05) is 10.9 Å². The van der Waals surface area contributed by atoms with Crippen molar-refractivity contribution in [1.82, 2.24) is 4.98 Å². The van der Waals surface area contributed by atoms with Crippen LogP contribution in [-0.2, 0) is 4.79 Å². The minimum Gasteiger partial charge on any atom is -0.508 e. The fourth-order valence-electron chi connectivity index (χ4n) is 2.74. The minimum atomic E-state index is -0.520. The van der Waals surface area contributed by atoms with Gasteiger partial charge < -0.3 is 5.11 Å². The zero-order valence-corrected chi connectivity index (χ0v) is 16.6. The molecule has 140 valence electrons. The van der Waals surface area contributed by atoms with Gasteiger partial charge in [-0.1, -0.05) is 18.2 Å². The summed E-state index contributed by atoms with van der Waals surface area (Å²) in [6.45, 7) is 6.16. The average Bonchev–Trinajstić information content (AvgIpc) is 3.12. The lowest BCUT2D eigenvalue weighted by Gasteiger charge is -2.07. The van der Waals surface area contributed by atoms with Crippen LogP contribution in [0, 0.1) is 32.1 Å². The number of hydrogen-bond acceptors (Lipinski definition) is 5. The molecule has 0 spiro atoms. The number of rotatable bonds is 4. The maximum atomic E-state index is 12.4. The number of aromatic nitrogens is 1. The maximum Gasteiger partial charge on any atom is 0.268 e. The molecule has 0 bridgehead atoms. The third kappa shape index (κ3) is 4.27. The molecule has 0 fully saturated rings. The second-order valence-corrected chi connectivity index (χ2v) is 7.36. The van der Waals surface area contributed by atoms with Crippen molar-refractivity contribution in [2.24, 2.45) is 0 Å². The smallest absolute Gasteiger partial charge is 0.268 e. The first kappa shape index (κ1) is 19.3. The Balaban J connectivity index is 1.81. The van der Waals surface area contributed by atoms with Crippen LogP contribution in [0.1, 0.15) is 22.3 Å². The summed E-state index contributed by atoms with van der Waals surface area (Å²) in [7, 11) is 0. The molecule has 0 saturated carbocycles. The van der Waals surface area contributed by atoms with Crippen molar-refractivity contribution in [1.29, 1.82) is 5.26 Å². The number of thiazole rings is 1. The number of nitriles is 1. The number of aromatic hydroxyl groups is 1. The number of phenols is 1. The van der Waals surface area contributed by atoms with E-state index in [1.54, 1.807) is 12.1 Å². The van der Waals surface area contributed by atoms with Crippen LogP contribution in [0.15, 0.2) is 47.4 Å². The number of hydrogen-bond donors (Lipinski definition) is 2. The molecule has 2 N–H and O–H groups in total. The van der Waals surface area contributed by atoms with Gasteiger partial charge in [0.1, 0.15) is 17.4 Å². The monoisotopic (exact) mass is 389 g/mol. The molecule has 0 aliphatic heterocycles. The van der Waals surface area contributed by atoms with Gasteiger partial charge in [-0.3, -0.25) is 10.1 Å². The fourth-order valence-corrected chi connectivity index (χ4v) is 3.45. The van der Waals surface area contributed by atoms with Gasteiger partial charge in [0.15, 0.2) is 5.13 Å². The van der Waals surface area contributed by atoms with Crippen LogP contribution in [0.4, 0.5) is 5.13 Å². The van der Waals surface area contributed by atoms with Crippen LogP contribution in [0.2, 0.25) is 0 Å². The Morgan fingerprint density at radius 3 is 2.50 bits per heavy atom. The van der Waals surface area contributed by atoms with Crippen LogP contribution < -0.4 is 5.32 Å². The molecule has 0 atom stereocenters. The van der Waals surface area contributed by atoms with Crippen molar-refractivity contribution in [3.63, 3.8) is 0 Å². The second kappa shape index (κ2) is 8.07. The highest BCUT2D eigenvalue weighted by Gasteiger charge is 2.14. The third-order valence-corrected chi connectivity index (χ3v) is 5.17. The number of carbonyl (C=O) groups excluding carboxylic acids is 1. The Bertz CT molecular complexity index is 1110. The van der Waals surface area contributed by atoms with Gasteiger partial charge >= 0.3 is 0 Å². The predicted molar refractivity (Wildman–Crippen MR) is 112 cm³/mol. The van der Waals surface area contributed by atoms with Crippen molar-refractivity contribution in [3.05, 3.63) is 69.6 Å². The molecule has 0 aliphatic rings. The molecule has 1 heterocycles. The van der Waals surface area contributed by atoms with E-state index in [0.29, 0.717) is 10.7 Å². The summed E-state index contributed by atoms with van der Waals surface area (Å²) in [5.41, 5.74) is 5.96. The van der Waals surface area contributed by atoms with Gasteiger partial charge in [-0.05, 0) is 67.3 Å². The molecule has 0 saturated heterocycles. The number of phenolic OH excluding ortho intramolecular Hbond substituents is 1. The van der Waals surface area contributed by atoms with Crippen LogP contribution in [0.5, 0.6) is 5.75 Å². The SMILES string of the molecule is Cc1cc(C)c(-c2csc(NC(=O)C(C#N)=Cc3ccc(O)cc3)n2)cc1C. The van der Waals surface area contributed by atoms with E-state index < -0.39 is 5.91 Å². The van der Waals surface area contributed by atoms with Crippen LogP contribution >= 0.6 is 11.3 Å². The first-order valence-corrected chi connectivity index (χ1v) is 9.51. The normalized spacial score (nSPS) is 11.1. The van der Waals surface area contributed by atoms with Crippen LogP contribution in [0.3, 0.4) is 0 Å². The number of nitrogens with zero attached hydrogens (tertiary/aromatic N) is 2. The quantitative estimate of drug-likeness (QED) is 0.486. The van der Waals surface area contributed by atoms with Crippen molar-refractivity contribution in [2.75, 3.05) is 5.32 Å². The largest absolute Gasteiger partial charge is 0.508 e. The van der Waals surface area contributed by atoms with Gasteiger partial charge in [-0.15, -0.1) is 11.3 Å². The number of anilines is 1. The first-order chi connectivity index (χ1) is 13.4. The number of carbonyl (C=O) groups is 1. The summed E-state index contributed by atoms with van der Waals surface area (Å²) in [6, 6.07) is 12.4. The summed E-state index contributed by atoms with van der Waals surface area (Å²) in [5.74, 6) is -0.398. The maximum absolute atomic E-state index is 12.4. The fraction of sp³-hybridized carbons (Fsp3) is 0.136. The van der Waals surface area contributed by atoms with Gasteiger partial charge in [0.05, 0.1) is 5.69 Å². The first-order valence-electron chi connectivity index (χ1n) is 8.63. The van der Waals surface area contributed by atoms with Gasteiger partial charge in [-0.2, -0.15) is 5.26 Å². The van der Waals surface area contributed by atoms with Crippen molar-refractivity contribution in [3.8, 4) is 23.1 Å². The number of aryl methyl sites for hydroxylation is 3. The van der Waals surface area contributed by atoms with Crippen LogP contribution in [-0.4, -0.2) is 16.0 Å². The zero-order chi connectivity index (χ0) is 20.3. The highest BCUT2D eigenvalue weighted by molar-refractivity contribution is 7.14. The molecule has 0 unspecified atom stereocenters. The zero-order valence-electron chi connectivity index (χ0n) is 15.8. The molecule has 28 heavy (non-hydrogen) atoms. The van der Waals surface area contributed by atoms with Gasteiger partial charge in [0.25, 0.3) is 5.91 Å². The molecule has 6 heteroatoms. The highest BCUT2D eigenvalue weighted by atomic mass is 32.1. The lowest BCUT2D eigenvalue weighted by Crippen LogP contribution is -2.13. The Morgan fingerprint density at radius 1 is 1.14 bits per heavy atom. The Kier molecular flexibility index (Phi) is 5.57. The van der Waals surface area contributed by atoms with E-state index >= 15 is 0 Å². The second-order valence-electron chi connectivity index (χ2n) is 6.50. The third-order valence-electron chi connectivity index (χ3n) is 4.41. The molecule has 3 aromatic rings. The molecular weight excluding hydrogens is 370 g/mol. The lowest BCUT2D eigenvalue weighted by molar-refractivity contribution is -0.112. The van der Waals surface area contributed by atoms with Crippen LogP contribution in [0.25, 0.3) is 17.3 Å². The van der Waals surface area contributed by atoms with Crippen molar-refractivity contribution < 1.29 is 9.90 Å². The van der Waals surface area contributed by atoms with E-state index in [2.05, 4.69) is 36.3 Å². The van der Waals surface area contributed by atoms with Gasteiger partial charge in [-0.25, -0.2) is 4.98 Å². The highest BCUT2D eigenvalue weighted by Crippen LogP contribution is 2.29. The summed E-state index contributed by atoms with van der Waals surface area (Å²) >= 11 is 1.31. The molecule has 5 nitrogen and oxygen atoms in total. The molecular formula is C22H19N3O2S. The molecule has 1 aromatic heterocycles. The lowest BCUT2D eigenvalue weighted by atomic mass is 9.99. The van der Waals surface area contributed by atoms with E-state index in [1.165, 1.54) is 40.7 Å². The minimum absolute atomic E-state index is 0.0372. The molecule has 2 aromatic carbocycles. The molecule has 0 aliphatic carbocycles. The van der Waals surface area contributed by atoms with E-state index in [1.807, 2.05) is 18.4 Å². The van der Waals surface area contributed by atoms with Gasteiger partial charge in [0.2, 0.25) is 0 Å². The Hall–Kier alpha value is -3.43. The summed E-state index contributed by atoms with van der Waals surface area (Å²) in [5, 5.41) is 23.7. The van der Waals surface area contributed by atoms with E-state index in [4.69, 9.17) is 0 Å². The van der Waals surface area contributed by atoms with E-state index in [-0.39, 0.29) is 11.3 Å². The van der Waals surface area contributed by atoms with E-state index in [0.717, 1.165) is 16.8 Å². The Labute approximate surface area is 167 Å². The van der Waals surface area contributed by atoms with Crippen molar-refractivity contribution >= 4 is 28.5 Å². The summed E-state index contributed by atoms with van der Waals surface area (Å²) < 4.78 is 0. The number of nitrogens with one attached hydrogen (secondary N) is 1. The standard InChI is InChI=1S/C22H19N3O2S/c1-13-8-15(3)19(9-14(13)2)20-12-28-22(24-20)25-21(27)17(11-23)10-16-4-6-18(26)7-5-16/h4-10,12,26H,1-3H3,(H,24,25,27). The van der Waals surface area contributed by atoms with E-state index in [9.17, 15) is 15.2 Å². The molecule has 3 rings (SSSR count). The summed E-state index contributed by atoms with van der Waals surface area (Å²) in [4.78, 5) is 16.9. The predicted octanol–water partition coefficient (Wildman–Crippen LogP) is 4.99. The average molecular weight is 389 g/mol. The summed E-state index contributed by atoms with van der Waals surface area (Å²) in [6.07, 6.45) is 1.47. The number of amides is 1. The molecule has 0 radical (unpaired) electrons.